The molecule has 0 bridgehead atoms. The molecule has 0 unspecified atom stereocenters. The van der Waals surface area contributed by atoms with E-state index in [4.69, 9.17) is 4.63 Å². The fraction of sp³-hybridized carbons (Fsp3) is 0.0500. The number of hydrogen-bond donors (Lipinski definition) is 1. The van der Waals surface area contributed by atoms with E-state index in [1.807, 2.05) is 60.7 Å². The van der Waals surface area contributed by atoms with E-state index >= 15 is 0 Å². The number of thioether (sulfide) groups is 1. The molecule has 0 aliphatic rings. The molecule has 0 radical (unpaired) electrons. The average molecular weight is 468 g/mol. The van der Waals surface area contributed by atoms with Crippen molar-refractivity contribution >= 4 is 39.4 Å². The summed E-state index contributed by atoms with van der Waals surface area (Å²) in [7, 11) is 0. The highest BCUT2D eigenvalue weighted by Crippen LogP contribution is 2.26. The third-order valence-corrected chi connectivity index (χ3v) is 5.43. The molecule has 0 fully saturated rings. The normalized spacial score (nSPS) is 10.7. The molecule has 9 heteroatoms. The third kappa shape index (κ3) is 4.69. The summed E-state index contributed by atoms with van der Waals surface area (Å²) in [4.78, 5) is 21.5. The lowest BCUT2D eigenvalue weighted by molar-refractivity contribution is 0.101. The first-order chi connectivity index (χ1) is 14.2. The lowest BCUT2D eigenvalue weighted by atomic mass is 10.1. The Bertz CT molecular complexity index is 1120. The van der Waals surface area contributed by atoms with Gasteiger partial charge in [0.2, 0.25) is 5.82 Å². The highest BCUT2D eigenvalue weighted by atomic mass is 79.9. The van der Waals surface area contributed by atoms with Crippen LogP contribution < -0.4 is 5.32 Å². The van der Waals surface area contributed by atoms with Crippen LogP contribution in [0.1, 0.15) is 16.1 Å². The van der Waals surface area contributed by atoms with Gasteiger partial charge in [0, 0.05) is 17.5 Å². The van der Waals surface area contributed by atoms with Gasteiger partial charge in [-0.3, -0.25) is 4.79 Å². The number of rotatable bonds is 6. The van der Waals surface area contributed by atoms with Gasteiger partial charge in [0.05, 0.1) is 4.47 Å². The Labute approximate surface area is 179 Å². The summed E-state index contributed by atoms with van der Waals surface area (Å²) in [5.74, 6) is 0.494. The molecule has 1 N–H and O–H groups in total. The molecule has 0 saturated heterocycles. The SMILES string of the molecule is O=C(Nc1nonc1-c1ccccc1)c1nc(SCc2ccccc2)ncc1Br. The zero-order valence-corrected chi connectivity index (χ0v) is 17.4. The van der Waals surface area contributed by atoms with Crippen molar-refractivity contribution in [1.29, 1.82) is 0 Å². The molecule has 0 spiro atoms. The molecule has 0 atom stereocenters. The number of aromatic nitrogens is 4. The fourth-order valence-corrected chi connectivity index (χ4v) is 3.67. The topological polar surface area (TPSA) is 93.8 Å². The third-order valence-electron chi connectivity index (χ3n) is 3.92. The van der Waals surface area contributed by atoms with Crippen LogP contribution in [0, 0.1) is 0 Å². The predicted octanol–water partition coefficient (Wildman–Crippen LogP) is 4.83. The van der Waals surface area contributed by atoms with Crippen molar-refractivity contribution in [1.82, 2.24) is 20.3 Å². The Morgan fingerprint density at radius 2 is 1.76 bits per heavy atom. The van der Waals surface area contributed by atoms with E-state index < -0.39 is 5.91 Å². The Kier molecular flexibility index (Phi) is 5.97. The van der Waals surface area contributed by atoms with Gasteiger partial charge in [-0.05, 0) is 31.8 Å². The molecule has 4 rings (SSSR count). The van der Waals surface area contributed by atoms with Crippen molar-refractivity contribution in [3.63, 3.8) is 0 Å². The maximum atomic E-state index is 12.8. The minimum atomic E-state index is -0.436. The number of hydrogen-bond acceptors (Lipinski definition) is 7. The lowest BCUT2D eigenvalue weighted by Gasteiger charge is -2.06. The number of anilines is 1. The monoisotopic (exact) mass is 467 g/mol. The molecule has 0 saturated carbocycles. The molecule has 0 aliphatic heterocycles. The Morgan fingerprint density at radius 3 is 2.52 bits per heavy atom. The number of carbonyl (C=O) groups excluding carboxylic acids is 1. The summed E-state index contributed by atoms with van der Waals surface area (Å²) in [6.45, 7) is 0. The summed E-state index contributed by atoms with van der Waals surface area (Å²) < 4.78 is 5.30. The Hall–Kier alpha value is -3.04. The van der Waals surface area contributed by atoms with Crippen molar-refractivity contribution < 1.29 is 9.42 Å². The standard InChI is InChI=1S/C20H14BrN5O2S/c21-15-11-22-20(29-12-13-7-3-1-4-8-13)23-17(15)19(27)24-18-16(25-28-26-18)14-9-5-2-6-10-14/h1-11H,12H2,(H,24,26,27). The predicted molar refractivity (Wildman–Crippen MR) is 113 cm³/mol. The van der Waals surface area contributed by atoms with Gasteiger partial charge in [-0.25, -0.2) is 14.6 Å². The van der Waals surface area contributed by atoms with Crippen LogP contribution in [0.4, 0.5) is 5.82 Å². The fourth-order valence-electron chi connectivity index (χ4n) is 2.52. The van der Waals surface area contributed by atoms with Crippen LogP contribution in [0.2, 0.25) is 0 Å². The Morgan fingerprint density at radius 1 is 1.03 bits per heavy atom. The number of nitrogens with one attached hydrogen (secondary N) is 1. The first-order valence-electron chi connectivity index (χ1n) is 8.59. The van der Waals surface area contributed by atoms with Crippen LogP contribution in [0.3, 0.4) is 0 Å². The van der Waals surface area contributed by atoms with Gasteiger partial charge in [-0.15, -0.1) is 0 Å². The maximum absolute atomic E-state index is 12.8. The largest absolute Gasteiger partial charge is 0.300 e. The second-order valence-corrected chi connectivity index (χ2v) is 7.70. The summed E-state index contributed by atoms with van der Waals surface area (Å²) in [6, 6.07) is 19.3. The number of nitrogens with zero attached hydrogens (tertiary/aromatic N) is 4. The zero-order chi connectivity index (χ0) is 20.1. The average Bonchev–Trinajstić information content (AvgIpc) is 3.22. The molecule has 1 amide bonds. The van der Waals surface area contributed by atoms with Gasteiger partial charge in [-0.2, -0.15) is 0 Å². The maximum Gasteiger partial charge on any atom is 0.276 e. The molecule has 2 aromatic carbocycles. The minimum Gasteiger partial charge on any atom is -0.300 e. The summed E-state index contributed by atoms with van der Waals surface area (Å²) >= 11 is 4.79. The second kappa shape index (κ2) is 8.97. The van der Waals surface area contributed by atoms with Crippen molar-refractivity contribution in [3.8, 4) is 11.3 Å². The van der Waals surface area contributed by atoms with Gasteiger partial charge in [-0.1, -0.05) is 72.4 Å². The van der Waals surface area contributed by atoms with E-state index in [1.54, 1.807) is 6.20 Å². The van der Waals surface area contributed by atoms with Crippen molar-refractivity contribution in [2.75, 3.05) is 5.32 Å². The van der Waals surface area contributed by atoms with E-state index in [2.05, 4.69) is 41.5 Å². The van der Waals surface area contributed by atoms with Crippen molar-refractivity contribution in [3.05, 3.63) is 82.6 Å². The van der Waals surface area contributed by atoms with Gasteiger partial charge in [0.25, 0.3) is 5.91 Å². The van der Waals surface area contributed by atoms with Crippen LogP contribution in [0.15, 0.2) is 81.1 Å². The van der Waals surface area contributed by atoms with E-state index in [9.17, 15) is 4.79 Å². The van der Waals surface area contributed by atoms with Gasteiger partial charge in [0.1, 0.15) is 5.69 Å². The van der Waals surface area contributed by atoms with Crippen LogP contribution >= 0.6 is 27.7 Å². The molecule has 2 aromatic heterocycles. The summed E-state index contributed by atoms with van der Waals surface area (Å²) in [5, 5.41) is 10.9. The van der Waals surface area contributed by atoms with Crippen LogP contribution in [0.5, 0.6) is 0 Å². The minimum absolute atomic E-state index is 0.206. The quantitative estimate of drug-likeness (QED) is 0.320. The molecule has 2 heterocycles. The van der Waals surface area contributed by atoms with E-state index in [0.29, 0.717) is 21.1 Å². The highest BCUT2D eigenvalue weighted by molar-refractivity contribution is 9.10. The summed E-state index contributed by atoms with van der Waals surface area (Å²) in [5.41, 5.74) is 2.58. The summed E-state index contributed by atoms with van der Waals surface area (Å²) in [6.07, 6.45) is 1.56. The van der Waals surface area contributed by atoms with Gasteiger partial charge in [0.15, 0.2) is 10.9 Å². The van der Waals surface area contributed by atoms with E-state index in [0.717, 1.165) is 11.1 Å². The molecule has 0 aliphatic carbocycles. The van der Waals surface area contributed by atoms with Gasteiger partial charge >= 0.3 is 0 Å². The molecule has 7 nitrogen and oxygen atoms in total. The molecular weight excluding hydrogens is 454 g/mol. The highest BCUT2D eigenvalue weighted by Gasteiger charge is 2.19. The number of halogens is 1. The smallest absolute Gasteiger partial charge is 0.276 e. The van der Waals surface area contributed by atoms with Crippen LogP contribution in [-0.2, 0) is 5.75 Å². The first-order valence-corrected chi connectivity index (χ1v) is 10.4. The van der Waals surface area contributed by atoms with Crippen LogP contribution in [-0.4, -0.2) is 26.2 Å². The van der Waals surface area contributed by atoms with E-state index in [-0.39, 0.29) is 11.5 Å². The number of carbonyl (C=O) groups is 1. The van der Waals surface area contributed by atoms with E-state index in [1.165, 1.54) is 11.8 Å². The number of benzene rings is 2. The van der Waals surface area contributed by atoms with Crippen molar-refractivity contribution in [2.45, 2.75) is 10.9 Å². The molecule has 144 valence electrons. The van der Waals surface area contributed by atoms with Crippen LogP contribution in [0.25, 0.3) is 11.3 Å². The zero-order valence-electron chi connectivity index (χ0n) is 14.9. The molecular formula is C20H14BrN5O2S. The number of amides is 1. The molecule has 4 aromatic rings. The molecule has 29 heavy (non-hydrogen) atoms. The second-order valence-electron chi connectivity index (χ2n) is 5.90. The first kappa shape index (κ1) is 19.3. The Balaban J connectivity index is 1.51. The lowest BCUT2D eigenvalue weighted by Crippen LogP contribution is -2.16. The van der Waals surface area contributed by atoms with Gasteiger partial charge < -0.3 is 5.32 Å². The van der Waals surface area contributed by atoms with Crippen molar-refractivity contribution in [2.24, 2.45) is 0 Å².